The number of nitrogens with zero attached hydrogens (tertiary/aromatic N) is 3. The molecule has 1 aromatic rings. The van der Waals surface area contributed by atoms with E-state index in [-0.39, 0.29) is 6.10 Å². The third-order valence-corrected chi connectivity index (χ3v) is 3.63. The Morgan fingerprint density at radius 1 is 1.47 bits per heavy atom. The van der Waals surface area contributed by atoms with E-state index in [2.05, 4.69) is 20.2 Å². The Labute approximate surface area is 114 Å². The maximum Gasteiger partial charge on any atom is 0.223 e. The summed E-state index contributed by atoms with van der Waals surface area (Å²) in [6.07, 6.45) is 1.74. The van der Waals surface area contributed by atoms with Crippen LogP contribution in [0.3, 0.4) is 0 Å². The summed E-state index contributed by atoms with van der Waals surface area (Å²) in [6, 6.07) is 1.93. The zero-order chi connectivity index (χ0) is 13.8. The van der Waals surface area contributed by atoms with E-state index in [0.29, 0.717) is 11.9 Å². The molecule has 1 aromatic heterocycles. The Balaban J connectivity index is 2.06. The van der Waals surface area contributed by atoms with Crippen LogP contribution >= 0.6 is 0 Å². The lowest BCUT2D eigenvalue weighted by Gasteiger charge is -2.34. The van der Waals surface area contributed by atoms with Crippen molar-refractivity contribution < 1.29 is 5.11 Å². The monoisotopic (exact) mass is 265 g/mol. The number of hydrogen-bond donors (Lipinski definition) is 3. The van der Waals surface area contributed by atoms with Gasteiger partial charge in [-0.15, -0.1) is 0 Å². The molecule has 4 N–H and O–H groups in total. The molecule has 0 bridgehead atoms. The van der Waals surface area contributed by atoms with Crippen LogP contribution in [0.25, 0.3) is 0 Å². The molecule has 2 rings (SSSR count). The molecule has 0 radical (unpaired) electrons. The molecule has 0 saturated carbocycles. The fraction of sp³-hybridized carbons (Fsp3) is 0.692. The Bertz CT molecular complexity index is 415. The van der Waals surface area contributed by atoms with Crippen LogP contribution in [0.1, 0.15) is 26.7 Å². The highest BCUT2D eigenvalue weighted by atomic mass is 16.3. The molecule has 1 atom stereocenters. The average molecular weight is 265 g/mol. The standard InChI is InChI=1S/C13H23N5O/c1-3-15-11-8-12(17-13(14)16-11)18-6-4-10(5-7-18)9(2)19/h8-10,19H,3-7H2,1-2H3,(H3,14,15,16,17). The first kappa shape index (κ1) is 13.9. The van der Waals surface area contributed by atoms with Gasteiger partial charge in [-0.25, -0.2) is 0 Å². The van der Waals surface area contributed by atoms with Crippen molar-refractivity contribution in [1.29, 1.82) is 0 Å². The molecule has 106 valence electrons. The molecule has 1 aliphatic heterocycles. The lowest BCUT2D eigenvalue weighted by Crippen LogP contribution is -2.37. The third-order valence-electron chi connectivity index (χ3n) is 3.63. The van der Waals surface area contributed by atoms with Gasteiger partial charge in [-0.3, -0.25) is 0 Å². The van der Waals surface area contributed by atoms with Crippen LogP contribution in [-0.2, 0) is 0 Å². The molecule has 6 nitrogen and oxygen atoms in total. The number of piperidine rings is 1. The molecule has 1 saturated heterocycles. The van der Waals surface area contributed by atoms with Crippen LogP contribution in [0.4, 0.5) is 17.6 Å². The van der Waals surface area contributed by atoms with E-state index >= 15 is 0 Å². The molecule has 0 spiro atoms. The minimum atomic E-state index is -0.227. The SMILES string of the molecule is CCNc1cc(N2CCC(C(C)O)CC2)nc(N)n1. The van der Waals surface area contributed by atoms with Crippen molar-refractivity contribution in [1.82, 2.24) is 9.97 Å². The first-order chi connectivity index (χ1) is 9.10. The van der Waals surface area contributed by atoms with Gasteiger partial charge in [0.25, 0.3) is 0 Å². The summed E-state index contributed by atoms with van der Waals surface area (Å²) in [4.78, 5) is 10.7. The van der Waals surface area contributed by atoms with Gasteiger partial charge < -0.3 is 21.1 Å². The minimum Gasteiger partial charge on any atom is -0.393 e. The highest BCUT2D eigenvalue weighted by molar-refractivity contribution is 5.52. The molecular weight excluding hydrogens is 242 g/mol. The van der Waals surface area contributed by atoms with Crippen molar-refractivity contribution in [3.05, 3.63) is 6.07 Å². The number of aliphatic hydroxyl groups excluding tert-OH is 1. The van der Waals surface area contributed by atoms with E-state index in [4.69, 9.17) is 5.73 Å². The van der Waals surface area contributed by atoms with Crippen molar-refractivity contribution in [3.63, 3.8) is 0 Å². The van der Waals surface area contributed by atoms with Crippen molar-refractivity contribution in [2.75, 3.05) is 35.6 Å². The smallest absolute Gasteiger partial charge is 0.223 e. The second-order valence-electron chi connectivity index (χ2n) is 5.06. The number of aliphatic hydroxyl groups is 1. The van der Waals surface area contributed by atoms with Crippen molar-refractivity contribution in [3.8, 4) is 0 Å². The van der Waals surface area contributed by atoms with Crippen LogP contribution in [0, 0.1) is 5.92 Å². The molecule has 0 aromatic carbocycles. The van der Waals surface area contributed by atoms with Crippen molar-refractivity contribution in [2.24, 2.45) is 5.92 Å². The fourth-order valence-corrected chi connectivity index (χ4v) is 2.50. The summed E-state index contributed by atoms with van der Waals surface area (Å²) in [5, 5.41) is 12.8. The van der Waals surface area contributed by atoms with E-state index in [1.807, 2.05) is 19.9 Å². The Kier molecular flexibility index (Phi) is 4.42. The average Bonchev–Trinajstić information content (AvgIpc) is 2.38. The normalized spacial score (nSPS) is 18.4. The van der Waals surface area contributed by atoms with Crippen LogP contribution in [0.15, 0.2) is 6.07 Å². The van der Waals surface area contributed by atoms with Gasteiger partial charge in [0.15, 0.2) is 0 Å². The van der Waals surface area contributed by atoms with E-state index in [9.17, 15) is 5.11 Å². The van der Waals surface area contributed by atoms with E-state index < -0.39 is 0 Å². The summed E-state index contributed by atoms with van der Waals surface area (Å²) < 4.78 is 0. The predicted octanol–water partition coefficient (Wildman–Crippen LogP) is 1.09. The third kappa shape index (κ3) is 3.47. The molecular formula is C13H23N5O. The lowest BCUT2D eigenvalue weighted by atomic mass is 9.92. The summed E-state index contributed by atoms with van der Waals surface area (Å²) in [5.74, 6) is 2.32. The second kappa shape index (κ2) is 6.06. The molecule has 1 fully saturated rings. The molecule has 1 aliphatic rings. The van der Waals surface area contributed by atoms with Gasteiger partial charge in [0, 0.05) is 25.7 Å². The summed E-state index contributed by atoms with van der Waals surface area (Å²) >= 11 is 0. The summed E-state index contributed by atoms with van der Waals surface area (Å²) in [5.41, 5.74) is 5.74. The largest absolute Gasteiger partial charge is 0.393 e. The van der Waals surface area contributed by atoms with Gasteiger partial charge in [0.2, 0.25) is 5.95 Å². The van der Waals surface area contributed by atoms with E-state index in [1.165, 1.54) is 0 Å². The lowest BCUT2D eigenvalue weighted by molar-refractivity contribution is 0.110. The maximum absolute atomic E-state index is 9.62. The molecule has 1 unspecified atom stereocenters. The zero-order valence-electron chi connectivity index (χ0n) is 11.6. The molecule has 19 heavy (non-hydrogen) atoms. The highest BCUT2D eigenvalue weighted by Gasteiger charge is 2.23. The van der Waals surface area contributed by atoms with Crippen LogP contribution in [-0.4, -0.2) is 40.8 Å². The topological polar surface area (TPSA) is 87.3 Å². The van der Waals surface area contributed by atoms with Gasteiger partial charge in [0.05, 0.1) is 6.10 Å². The second-order valence-corrected chi connectivity index (χ2v) is 5.06. The minimum absolute atomic E-state index is 0.227. The summed E-state index contributed by atoms with van der Waals surface area (Å²) in [6.45, 7) is 6.49. The summed E-state index contributed by atoms with van der Waals surface area (Å²) in [7, 11) is 0. The van der Waals surface area contributed by atoms with Gasteiger partial charge in [-0.2, -0.15) is 9.97 Å². The number of nitrogen functional groups attached to an aromatic ring is 1. The van der Waals surface area contributed by atoms with Crippen molar-refractivity contribution >= 4 is 17.6 Å². The van der Waals surface area contributed by atoms with Crippen molar-refractivity contribution in [2.45, 2.75) is 32.8 Å². The first-order valence-corrected chi connectivity index (χ1v) is 6.91. The van der Waals surface area contributed by atoms with Gasteiger partial charge in [0.1, 0.15) is 11.6 Å². The molecule has 0 aliphatic carbocycles. The molecule has 2 heterocycles. The zero-order valence-corrected chi connectivity index (χ0v) is 11.6. The van der Waals surface area contributed by atoms with Crippen LogP contribution < -0.4 is 16.0 Å². The van der Waals surface area contributed by atoms with Gasteiger partial charge in [-0.05, 0) is 32.6 Å². The quantitative estimate of drug-likeness (QED) is 0.755. The Hall–Kier alpha value is -1.56. The first-order valence-electron chi connectivity index (χ1n) is 6.91. The van der Waals surface area contributed by atoms with Gasteiger partial charge in [-0.1, -0.05) is 0 Å². The number of hydrogen-bond acceptors (Lipinski definition) is 6. The van der Waals surface area contributed by atoms with E-state index in [0.717, 1.165) is 44.1 Å². The number of nitrogens with two attached hydrogens (primary N) is 1. The Morgan fingerprint density at radius 3 is 2.74 bits per heavy atom. The maximum atomic E-state index is 9.62. The van der Waals surface area contributed by atoms with E-state index in [1.54, 1.807) is 0 Å². The Morgan fingerprint density at radius 2 is 2.16 bits per heavy atom. The molecule has 0 amide bonds. The molecule has 6 heteroatoms. The van der Waals surface area contributed by atoms with Crippen LogP contribution in [0.5, 0.6) is 0 Å². The predicted molar refractivity (Wildman–Crippen MR) is 77.2 cm³/mol. The fourth-order valence-electron chi connectivity index (χ4n) is 2.50. The number of anilines is 3. The van der Waals surface area contributed by atoms with Gasteiger partial charge >= 0.3 is 0 Å². The van der Waals surface area contributed by atoms with Crippen LogP contribution in [0.2, 0.25) is 0 Å². The number of rotatable bonds is 4. The number of nitrogens with one attached hydrogen (secondary N) is 1. The number of aromatic nitrogens is 2. The highest BCUT2D eigenvalue weighted by Crippen LogP contribution is 2.25.